The standard InChI is InChI=1S/C5H12F2N2/c1-4(8)2-9-3-5(6)7/h4-5,9H,2-3,8H2,1H3/t4-/m1/s1. The Labute approximate surface area is 53.4 Å². The van der Waals surface area contributed by atoms with Crippen molar-refractivity contribution < 1.29 is 8.78 Å². The Morgan fingerprint density at radius 2 is 2.00 bits per heavy atom. The molecule has 0 bridgehead atoms. The van der Waals surface area contributed by atoms with Crippen molar-refractivity contribution in [2.45, 2.75) is 19.4 Å². The minimum atomic E-state index is -2.27. The van der Waals surface area contributed by atoms with Crippen LogP contribution in [0.3, 0.4) is 0 Å². The number of nitrogens with two attached hydrogens (primary N) is 1. The maximum Gasteiger partial charge on any atom is 0.250 e. The quantitative estimate of drug-likeness (QED) is 0.582. The van der Waals surface area contributed by atoms with Gasteiger partial charge in [-0.2, -0.15) is 0 Å². The molecule has 0 rings (SSSR count). The van der Waals surface area contributed by atoms with Gasteiger partial charge in [0.15, 0.2) is 0 Å². The van der Waals surface area contributed by atoms with Crippen LogP contribution < -0.4 is 11.1 Å². The minimum Gasteiger partial charge on any atom is -0.327 e. The predicted molar refractivity (Wildman–Crippen MR) is 32.5 cm³/mol. The summed E-state index contributed by atoms with van der Waals surface area (Å²) in [6.45, 7) is 1.95. The third-order valence-electron chi connectivity index (χ3n) is 0.765. The molecule has 9 heavy (non-hydrogen) atoms. The molecule has 0 saturated carbocycles. The topological polar surface area (TPSA) is 38.0 Å². The van der Waals surface area contributed by atoms with E-state index in [-0.39, 0.29) is 12.6 Å². The molecule has 56 valence electrons. The summed E-state index contributed by atoms with van der Waals surface area (Å²) >= 11 is 0. The second-order valence-electron chi connectivity index (χ2n) is 2.03. The average Bonchev–Trinajstić information content (AvgIpc) is 1.63. The molecule has 0 aromatic rings. The zero-order chi connectivity index (χ0) is 7.28. The number of hydrogen-bond acceptors (Lipinski definition) is 2. The van der Waals surface area contributed by atoms with E-state index in [0.29, 0.717) is 6.54 Å². The first-order valence-corrected chi connectivity index (χ1v) is 2.87. The molecule has 0 aliphatic heterocycles. The van der Waals surface area contributed by atoms with Gasteiger partial charge < -0.3 is 11.1 Å². The van der Waals surface area contributed by atoms with Crippen LogP contribution in [0.25, 0.3) is 0 Å². The van der Waals surface area contributed by atoms with Gasteiger partial charge in [-0.05, 0) is 6.92 Å². The van der Waals surface area contributed by atoms with Crippen molar-refractivity contribution >= 4 is 0 Å². The first-order chi connectivity index (χ1) is 4.13. The molecule has 0 aliphatic rings. The number of halogens is 2. The number of hydrogen-bond donors (Lipinski definition) is 2. The lowest BCUT2D eigenvalue weighted by molar-refractivity contribution is 0.146. The normalized spacial score (nSPS) is 14.3. The zero-order valence-corrected chi connectivity index (χ0v) is 5.40. The molecule has 0 spiro atoms. The summed E-state index contributed by atoms with van der Waals surface area (Å²) in [4.78, 5) is 0. The Hall–Kier alpha value is -0.220. The lowest BCUT2D eigenvalue weighted by atomic mass is 10.4. The summed E-state index contributed by atoms with van der Waals surface area (Å²) in [5.74, 6) is 0. The first-order valence-electron chi connectivity index (χ1n) is 2.87. The SMILES string of the molecule is C[C@@H](N)CNCC(F)F. The summed E-state index contributed by atoms with van der Waals surface area (Å²) in [6, 6.07) is -0.0521. The molecule has 0 amide bonds. The summed E-state index contributed by atoms with van der Waals surface area (Å²) in [7, 11) is 0. The smallest absolute Gasteiger partial charge is 0.250 e. The van der Waals surface area contributed by atoms with Crippen LogP contribution in [0.15, 0.2) is 0 Å². The largest absolute Gasteiger partial charge is 0.327 e. The van der Waals surface area contributed by atoms with Crippen LogP contribution in [-0.4, -0.2) is 25.6 Å². The van der Waals surface area contributed by atoms with E-state index < -0.39 is 6.43 Å². The monoisotopic (exact) mass is 138 g/mol. The molecule has 3 N–H and O–H groups in total. The highest BCUT2D eigenvalue weighted by molar-refractivity contribution is 4.57. The van der Waals surface area contributed by atoms with Crippen molar-refractivity contribution in [3.05, 3.63) is 0 Å². The van der Waals surface area contributed by atoms with Gasteiger partial charge in [0.25, 0.3) is 6.43 Å². The van der Waals surface area contributed by atoms with Crippen molar-refractivity contribution in [1.82, 2.24) is 5.32 Å². The maximum absolute atomic E-state index is 11.4. The fraction of sp³-hybridized carbons (Fsp3) is 1.00. The second kappa shape index (κ2) is 4.64. The van der Waals surface area contributed by atoms with Crippen LogP contribution in [-0.2, 0) is 0 Å². The Bertz CT molecular complexity index is 58.0. The zero-order valence-electron chi connectivity index (χ0n) is 5.40. The fourth-order valence-electron chi connectivity index (χ4n) is 0.420. The molecule has 0 aliphatic carbocycles. The van der Waals surface area contributed by atoms with Crippen LogP contribution in [0.2, 0.25) is 0 Å². The van der Waals surface area contributed by atoms with E-state index >= 15 is 0 Å². The summed E-state index contributed by atoms with van der Waals surface area (Å²) in [5.41, 5.74) is 5.27. The van der Waals surface area contributed by atoms with Gasteiger partial charge in [-0.25, -0.2) is 8.78 Å². The lowest BCUT2D eigenvalue weighted by Gasteiger charge is -2.05. The molecule has 2 nitrogen and oxygen atoms in total. The summed E-state index contributed by atoms with van der Waals surface area (Å²) in [5, 5.41) is 2.51. The maximum atomic E-state index is 11.4. The van der Waals surface area contributed by atoms with Gasteiger partial charge in [-0.3, -0.25) is 0 Å². The molecule has 0 aromatic heterocycles. The molecule has 0 fully saturated rings. The molecule has 0 heterocycles. The number of rotatable bonds is 4. The van der Waals surface area contributed by atoms with E-state index in [2.05, 4.69) is 5.32 Å². The van der Waals surface area contributed by atoms with Crippen molar-refractivity contribution in [3.63, 3.8) is 0 Å². The predicted octanol–water partition coefficient (Wildman–Crippen LogP) is 0.188. The van der Waals surface area contributed by atoms with Crippen molar-refractivity contribution in [3.8, 4) is 0 Å². The van der Waals surface area contributed by atoms with Crippen LogP contribution in [0.5, 0.6) is 0 Å². The lowest BCUT2D eigenvalue weighted by Crippen LogP contribution is -2.33. The average molecular weight is 138 g/mol. The van der Waals surface area contributed by atoms with E-state index in [1.165, 1.54) is 0 Å². The van der Waals surface area contributed by atoms with E-state index in [9.17, 15) is 8.78 Å². The third kappa shape index (κ3) is 7.78. The van der Waals surface area contributed by atoms with Gasteiger partial charge in [-0.1, -0.05) is 0 Å². The van der Waals surface area contributed by atoms with Crippen LogP contribution in [0.4, 0.5) is 8.78 Å². The van der Waals surface area contributed by atoms with Gasteiger partial charge in [-0.15, -0.1) is 0 Å². The van der Waals surface area contributed by atoms with Crippen LogP contribution >= 0.6 is 0 Å². The highest BCUT2D eigenvalue weighted by Crippen LogP contribution is 1.86. The third-order valence-corrected chi connectivity index (χ3v) is 0.765. The minimum absolute atomic E-state index is 0.0521. The molecular formula is C5H12F2N2. The number of nitrogens with one attached hydrogen (secondary N) is 1. The van der Waals surface area contributed by atoms with Gasteiger partial charge in [0.2, 0.25) is 0 Å². The van der Waals surface area contributed by atoms with Crippen LogP contribution in [0.1, 0.15) is 6.92 Å². The molecule has 0 saturated heterocycles. The first kappa shape index (κ1) is 8.78. The van der Waals surface area contributed by atoms with E-state index in [1.54, 1.807) is 6.92 Å². The van der Waals surface area contributed by atoms with Crippen molar-refractivity contribution in [1.29, 1.82) is 0 Å². The van der Waals surface area contributed by atoms with Gasteiger partial charge in [0.1, 0.15) is 0 Å². The fourth-order valence-corrected chi connectivity index (χ4v) is 0.420. The molecule has 0 radical (unpaired) electrons. The molecule has 1 atom stereocenters. The van der Waals surface area contributed by atoms with Gasteiger partial charge in [0.05, 0.1) is 6.54 Å². The van der Waals surface area contributed by atoms with Gasteiger partial charge >= 0.3 is 0 Å². The molecule has 4 heteroatoms. The summed E-state index contributed by atoms with van der Waals surface area (Å²) < 4.78 is 22.8. The molecular weight excluding hydrogens is 126 g/mol. The highest BCUT2D eigenvalue weighted by Gasteiger charge is 2.00. The Morgan fingerprint density at radius 3 is 2.33 bits per heavy atom. The molecule has 0 aromatic carbocycles. The highest BCUT2D eigenvalue weighted by atomic mass is 19.3. The van der Waals surface area contributed by atoms with E-state index in [0.717, 1.165) is 0 Å². The van der Waals surface area contributed by atoms with E-state index in [1.807, 2.05) is 0 Å². The Kier molecular flexibility index (Phi) is 4.53. The molecule has 0 unspecified atom stereocenters. The second-order valence-corrected chi connectivity index (χ2v) is 2.03. The van der Waals surface area contributed by atoms with Crippen molar-refractivity contribution in [2.24, 2.45) is 5.73 Å². The summed E-state index contributed by atoms with van der Waals surface area (Å²) in [6.07, 6.45) is -2.27. The Morgan fingerprint density at radius 1 is 1.44 bits per heavy atom. The van der Waals surface area contributed by atoms with Gasteiger partial charge in [0, 0.05) is 12.6 Å². The van der Waals surface area contributed by atoms with E-state index in [4.69, 9.17) is 5.73 Å². The number of alkyl halides is 2. The van der Waals surface area contributed by atoms with Crippen molar-refractivity contribution in [2.75, 3.05) is 13.1 Å². The van der Waals surface area contributed by atoms with Crippen LogP contribution in [0, 0.1) is 0 Å². The Balaban J connectivity index is 2.91.